The van der Waals surface area contributed by atoms with E-state index in [1.165, 1.54) is 14.2 Å². The molecule has 0 saturated heterocycles. The van der Waals surface area contributed by atoms with Crippen LogP contribution in [0.25, 0.3) is 0 Å². The molecule has 0 radical (unpaired) electrons. The zero-order valence-electron chi connectivity index (χ0n) is 17.9. The lowest BCUT2D eigenvalue weighted by Crippen LogP contribution is -2.56. The van der Waals surface area contributed by atoms with Gasteiger partial charge in [-0.25, -0.2) is 9.78 Å². The number of aryl methyl sites for hydroxylation is 1. The molecule has 0 bridgehead atoms. The van der Waals surface area contributed by atoms with Gasteiger partial charge in [-0.1, -0.05) is 19.8 Å². The number of aliphatic hydroxyl groups is 1. The summed E-state index contributed by atoms with van der Waals surface area (Å²) in [6.45, 7) is 2.55. The first kappa shape index (κ1) is 22.3. The van der Waals surface area contributed by atoms with Crippen LogP contribution in [0.15, 0.2) is 30.5 Å². The van der Waals surface area contributed by atoms with Crippen LogP contribution in [-0.2, 0) is 15.9 Å². The predicted octanol–water partition coefficient (Wildman–Crippen LogP) is 3.66. The molecule has 3 heterocycles. The van der Waals surface area contributed by atoms with Crippen molar-refractivity contribution in [2.75, 3.05) is 20.8 Å². The fourth-order valence-electron chi connectivity index (χ4n) is 4.03. The van der Waals surface area contributed by atoms with Crippen LogP contribution in [0.5, 0.6) is 0 Å². The minimum Gasteiger partial charge on any atom is -0.388 e. The maximum absolute atomic E-state index is 12.8. The highest BCUT2D eigenvalue weighted by Crippen LogP contribution is 2.40. The van der Waals surface area contributed by atoms with Gasteiger partial charge in [0, 0.05) is 38.5 Å². The van der Waals surface area contributed by atoms with Gasteiger partial charge < -0.3 is 20.3 Å². The molecule has 2 atom stereocenters. The van der Waals surface area contributed by atoms with Crippen molar-refractivity contribution in [2.45, 2.75) is 51.4 Å². The molecule has 1 aliphatic rings. The topological polar surface area (TPSA) is 108 Å². The number of quaternary nitrogens is 1. The molecule has 30 heavy (non-hydrogen) atoms. The Hall–Kier alpha value is -2.39. The number of nitrogens with zero attached hydrogens (tertiary/aromatic N) is 3. The molecule has 2 amide bonds. The van der Waals surface area contributed by atoms with Crippen LogP contribution in [0.1, 0.15) is 61.8 Å². The van der Waals surface area contributed by atoms with Gasteiger partial charge in [-0.15, -0.1) is 4.48 Å². The fourth-order valence-corrected chi connectivity index (χ4v) is 4.03. The van der Waals surface area contributed by atoms with Crippen molar-refractivity contribution in [1.29, 1.82) is 0 Å². The monoisotopic (exact) mass is 415 g/mol. The number of hydrogen-bond acceptors (Lipinski definition) is 6. The molecule has 2 aromatic heterocycles. The number of aliphatic hydroxyl groups excluding tert-OH is 1. The Labute approximate surface area is 177 Å². The molecule has 0 aliphatic carbocycles. The second-order valence-corrected chi connectivity index (χ2v) is 7.61. The van der Waals surface area contributed by atoms with Gasteiger partial charge in [-0.05, 0) is 36.6 Å². The minimum atomic E-state index is -0.643. The number of hydrogen-bond donors (Lipinski definition) is 2. The first-order valence-electron chi connectivity index (χ1n) is 10.4. The van der Waals surface area contributed by atoms with Gasteiger partial charge in [0.2, 0.25) is 17.9 Å². The fraction of sp³-hybridized carbons (Fsp3) is 0.500. The molecule has 0 spiro atoms. The van der Waals surface area contributed by atoms with Crippen LogP contribution in [0.4, 0.5) is 16.4 Å². The van der Waals surface area contributed by atoms with Gasteiger partial charge in [-0.3, -0.25) is 0 Å². The van der Waals surface area contributed by atoms with E-state index in [-0.39, 0.29) is 4.48 Å². The largest absolute Gasteiger partial charge is 0.426 e. The summed E-state index contributed by atoms with van der Waals surface area (Å²) in [6, 6.07) is 6.83. The summed E-state index contributed by atoms with van der Waals surface area (Å²) in [6.07, 6.45) is 4.61. The standard InChI is InChI=1S/C22H30N4O4/c1-4-5-8-18(27)16-10-12-19(24-14-16)26(22(23)28)13-6-7-15-9-11-17(25-20(15)26)21(29-2)30-3/h9-12,14,18,21,27H,4-8,13H2,1-3H3,(H-,23,28)/p+1. The summed E-state index contributed by atoms with van der Waals surface area (Å²) in [5.74, 6) is 1.04. The molecule has 8 nitrogen and oxygen atoms in total. The van der Waals surface area contributed by atoms with E-state index < -0.39 is 18.4 Å². The van der Waals surface area contributed by atoms with E-state index in [9.17, 15) is 9.90 Å². The summed E-state index contributed by atoms with van der Waals surface area (Å²) in [5, 5.41) is 10.4. The lowest BCUT2D eigenvalue weighted by molar-refractivity contribution is -0.108. The van der Waals surface area contributed by atoms with Gasteiger partial charge in [0.1, 0.15) is 12.2 Å². The number of methoxy groups -OCH3 is 2. The minimum absolute atomic E-state index is 0.269. The summed E-state index contributed by atoms with van der Waals surface area (Å²) < 4.78 is 10.4. The highest BCUT2D eigenvalue weighted by Gasteiger charge is 2.47. The van der Waals surface area contributed by atoms with Crippen LogP contribution in [0.2, 0.25) is 0 Å². The SMILES string of the molecule is CCCCC(O)c1ccc([N+]2(C(N)=O)CCCc3ccc(C(OC)OC)nc32)nc1. The van der Waals surface area contributed by atoms with Crippen molar-refractivity contribution in [3.05, 3.63) is 47.3 Å². The Balaban J connectivity index is 2.06. The first-order chi connectivity index (χ1) is 14.5. The average molecular weight is 416 g/mol. The molecule has 8 heteroatoms. The molecule has 3 N–H and O–H groups in total. The van der Waals surface area contributed by atoms with Gasteiger partial charge in [-0.2, -0.15) is 4.98 Å². The number of rotatable bonds is 8. The highest BCUT2D eigenvalue weighted by molar-refractivity contribution is 5.92. The van der Waals surface area contributed by atoms with Gasteiger partial charge >= 0.3 is 6.03 Å². The van der Waals surface area contributed by atoms with E-state index in [1.54, 1.807) is 12.3 Å². The zero-order valence-corrected chi connectivity index (χ0v) is 17.9. The molecule has 2 aromatic rings. The Bertz CT molecular complexity index is 870. The van der Waals surface area contributed by atoms with Crippen molar-refractivity contribution in [1.82, 2.24) is 14.5 Å². The van der Waals surface area contributed by atoms with Crippen LogP contribution in [0.3, 0.4) is 0 Å². The number of unbranched alkanes of at least 4 members (excludes halogenated alkanes) is 1. The summed E-state index contributed by atoms with van der Waals surface area (Å²) in [4.78, 5) is 22.1. The van der Waals surface area contributed by atoms with E-state index in [4.69, 9.17) is 20.2 Å². The average Bonchev–Trinajstić information content (AvgIpc) is 2.77. The number of amides is 2. The van der Waals surface area contributed by atoms with E-state index in [1.807, 2.05) is 18.2 Å². The Morgan fingerprint density at radius 3 is 2.63 bits per heavy atom. The van der Waals surface area contributed by atoms with E-state index in [2.05, 4.69) is 11.9 Å². The van der Waals surface area contributed by atoms with Gasteiger partial charge in [0.25, 0.3) is 0 Å². The smallest absolute Gasteiger partial charge is 0.388 e. The van der Waals surface area contributed by atoms with Crippen molar-refractivity contribution in [3.63, 3.8) is 0 Å². The van der Waals surface area contributed by atoms with Crippen molar-refractivity contribution < 1.29 is 19.4 Å². The molecule has 0 fully saturated rings. The number of pyridine rings is 2. The lowest BCUT2D eigenvalue weighted by Gasteiger charge is -2.35. The van der Waals surface area contributed by atoms with Crippen LogP contribution in [-0.4, -0.2) is 41.9 Å². The zero-order chi connectivity index (χ0) is 21.7. The van der Waals surface area contributed by atoms with Crippen LogP contribution < -0.4 is 10.2 Å². The third-order valence-electron chi connectivity index (χ3n) is 5.70. The summed E-state index contributed by atoms with van der Waals surface area (Å²) >= 11 is 0. The third kappa shape index (κ3) is 4.09. The Morgan fingerprint density at radius 1 is 1.27 bits per heavy atom. The van der Waals surface area contributed by atoms with Crippen LogP contribution >= 0.6 is 0 Å². The summed E-state index contributed by atoms with van der Waals surface area (Å²) in [7, 11) is 3.07. The number of ether oxygens (including phenoxy) is 2. The Kier molecular flexibility index (Phi) is 7.14. The number of fused-ring (bicyclic) bond motifs is 1. The number of urea groups is 1. The number of nitrogens with two attached hydrogens (primary N) is 1. The molecular formula is C22H31N4O4+. The third-order valence-corrected chi connectivity index (χ3v) is 5.70. The number of carbonyl (C=O) groups is 1. The van der Waals surface area contributed by atoms with E-state index in [0.29, 0.717) is 30.3 Å². The molecule has 0 saturated carbocycles. The molecule has 1 aliphatic heterocycles. The quantitative estimate of drug-likeness (QED) is 0.503. The molecule has 162 valence electrons. The molecular weight excluding hydrogens is 384 g/mol. The first-order valence-corrected chi connectivity index (χ1v) is 10.4. The predicted molar refractivity (Wildman–Crippen MR) is 114 cm³/mol. The normalized spacial score (nSPS) is 19.5. The molecule has 0 aromatic carbocycles. The van der Waals surface area contributed by atoms with Crippen molar-refractivity contribution in [3.8, 4) is 0 Å². The molecule has 3 rings (SSSR count). The number of carbonyl (C=O) groups excluding carboxylic acids is 1. The van der Waals surface area contributed by atoms with E-state index >= 15 is 0 Å². The van der Waals surface area contributed by atoms with Crippen molar-refractivity contribution in [2.24, 2.45) is 5.73 Å². The maximum atomic E-state index is 12.8. The molecule has 2 unspecified atom stereocenters. The van der Waals surface area contributed by atoms with Gasteiger partial charge in [0.05, 0.1) is 6.10 Å². The number of primary amides is 1. The highest BCUT2D eigenvalue weighted by atomic mass is 16.7. The van der Waals surface area contributed by atoms with E-state index in [0.717, 1.165) is 36.8 Å². The lowest BCUT2D eigenvalue weighted by atomic mass is 10.0. The Morgan fingerprint density at radius 2 is 2.03 bits per heavy atom. The second-order valence-electron chi connectivity index (χ2n) is 7.61. The van der Waals surface area contributed by atoms with Crippen LogP contribution in [0, 0.1) is 0 Å². The number of aromatic nitrogens is 2. The second kappa shape index (κ2) is 9.61. The maximum Gasteiger partial charge on any atom is 0.426 e. The van der Waals surface area contributed by atoms with Crippen molar-refractivity contribution >= 4 is 17.7 Å². The van der Waals surface area contributed by atoms with Gasteiger partial charge in [0.15, 0.2) is 0 Å². The summed E-state index contributed by atoms with van der Waals surface area (Å²) in [5.41, 5.74) is 8.19.